The van der Waals surface area contributed by atoms with E-state index in [0.717, 1.165) is 24.4 Å². The maximum atomic E-state index is 5.60. The van der Waals surface area contributed by atoms with Crippen LogP contribution < -0.4 is 10.1 Å². The smallest absolute Gasteiger partial charge is 0.238 e. The fourth-order valence-electron chi connectivity index (χ4n) is 1.93. The van der Waals surface area contributed by atoms with E-state index in [0.29, 0.717) is 17.7 Å². The van der Waals surface area contributed by atoms with Crippen LogP contribution in [0.5, 0.6) is 11.6 Å². The summed E-state index contributed by atoms with van der Waals surface area (Å²) in [6, 6.07) is 6.06. The highest BCUT2D eigenvalue weighted by Gasteiger charge is 2.09. The highest BCUT2D eigenvalue weighted by atomic mass is 16.5. The molecule has 0 radical (unpaired) electrons. The van der Waals surface area contributed by atoms with Crippen LogP contribution in [0, 0.1) is 6.92 Å². The predicted octanol–water partition coefficient (Wildman–Crippen LogP) is 2.97. The van der Waals surface area contributed by atoms with E-state index >= 15 is 0 Å². The summed E-state index contributed by atoms with van der Waals surface area (Å²) in [6.45, 7) is 7.11. The van der Waals surface area contributed by atoms with Crippen molar-refractivity contribution in [3.05, 3.63) is 35.8 Å². The van der Waals surface area contributed by atoms with Gasteiger partial charge in [-0.15, -0.1) is 5.10 Å². The Morgan fingerprint density at radius 2 is 2.21 bits per heavy atom. The maximum Gasteiger partial charge on any atom is 0.238 e. The number of aromatic amines is 1. The normalized spacial score (nSPS) is 12.4. The zero-order valence-electron chi connectivity index (χ0n) is 11.6. The number of nitrogens with one attached hydrogen (secondary N) is 2. The molecule has 0 saturated carbocycles. The third-order valence-corrected chi connectivity index (χ3v) is 2.88. The molecule has 0 aliphatic heterocycles. The van der Waals surface area contributed by atoms with Gasteiger partial charge in [0, 0.05) is 17.8 Å². The summed E-state index contributed by atoms with van der Waals surface area (Å²) < 4.78 is 5.60. The van der Waals surface area contributed by atoms with E-state index in [2.05, 4.69) is 34.3 Å². The van der Waals surface area contributed by atoms with Crippen molar-refractivity contribution in [1.82, 2.24) is 20.5 Å². The summed E-state index contributed by atoms with van der Waals surface area (Å²) in [5.74, 6) is 1.26. The van der Waals surface area contributed by atoms with Gasteiger partial charge in [0.1, 0.15) is 5.75 Å². The van der Waals surface area contributed by atoms with E-state index in [1.807, 2.05) is 25.1 Å². The number of H-pyrrole nitrogens is 1. The number of aryl methyl sites for hydroxylation is 1. The lowest BCUT2D eigenvalue weighted by Crippen LogP contribution is -2.20. The van der Waals surface area contributed by atoms with Crippen molar-refractivity contribution < 1.29 is 4.74 Å². The lowest BCUT2D eigenvalue weighted by molar-refractivity contribution is 0.456. The van der Waals surface area contributed by atoms with Crippen molar-refractivity contribution >= 4 is 0 Å². The number of pyridine rings is 1. The van der Waals surface area contributed by atoms with Gasteiger partial charge < -0.3 is 10.1 Å². The van der Waals surface area contributed by atoms with Crippen LogP contribution in [-0.4, -0.2) is 21.7 Å². The summed E-state index contributed by atoms with van der Waals surface area (Å²) in [7, 11) is 0. The van der Waals surface area contributed by atoms with Gasteiger partial charge in [-0.2, -0.15) is 0 Å². The first-order valence-electron chi connectivity index (χ1n) is 6.62. The quantitative estimate of drug-likeness (QED) is 0.838. The lowest BCUT2D eigenvalue weighted by atomic mass is 10.1. The van der Waals surface area contributed by atoms with Gasteiger partial charge in [-0.1, -0.05) is 13.8 Å². The minimum atomic E-state index is 0.298. The SMILES string of the molecule is CCNC(CC)c1ccc(Oc2cc(C)[nH]n2)cn1. The van der Waals surface area contributed by atoms with Crippen molar-refractivity contribution in [2.75, 3.05) is 6.54 Å². The third kappa shape index (κ3) is 3.54. The summed E-state index contributed by atoms with van der Waals surface area (Å²) in [5.41, 5.74) is 2.01. The van der Waals surface area contributed by atoms with Crippen LogP contribution in [0.4, 0.5) is 0 Å². The first kappa shape index (κ1) is 13.5. The highest BCUT2D eigenvalue weighted by molar-refractivity contribution is 5.26. The van der Waals surface area contributed by atoms with E-state index in [9.17, 15) is 0 Å². The molecule has 2 heterocycles. The minimum Gasteiger partial charge on any atom is -0.436 e. The molecule has 19 heavy (non-hydrogen) atoms. The van der Waals surface area contributed by atoms with Crippen LogP contribution in [0.3, 0.4) is 0 Å². The largest absolute Gasteiger partial charge is 0.436 e. The second kappa shape index (κ2) is 6.33. The summed E-state index contributed by atoms with van der Waals surface area (Å²) in [6.07, 6.45) is 2.75. The molecular weight excluding hydrogens is 240 g/mol. The predicted molar refractivity (Wildman–Crippen MR) is 74.3 cm³/mol. The van der Waals surface area contributed by atoms with E-state index < -0.39 is 0 Å². The van der Waals surface area contributed by atoms with Crippen LogP contribution in [-0.2, 0) is 0 Å². The van der Waals surface area contributed by atoms with Crippen molar-refractivity contribution in [2.45, 2.75) is 33.2 Å². The molecule has 0 saturated heterocycles. The number of aromatic nitrogens is 3. The summed E-state index contributed by atoms with van der Waals surface area (Å²) >= 11 is 0. The zero-order chi connectivity index (χ0) is 13.7. The average Bonchev–Trinajstić information content (AvgIpc) is 2.82. The van der Waals surface area contributed by atoms with Gasteiger partial charge >= 0.3 is 0 Å². The van der Waals surface area contributed by atoms with Crippen LogP contribution in [0.1, 0.15) is 37.7 Å². The Bertz CT molecular complexity index is 506. The van der Waals surface area contributed by atoms with Crippen LogP contribution in [0.15, 0.2) is 24.4 Å². The van der Waals surface area contributed by atoms with Crippen LogP contribution in [0.25, 0.3) is 0 Å². The van der Waals surface area contributed by atoms with Gasteiger partial charge in [-0.05, 0) is 32.0 Å². The van der Waals surface area contributed by atoms with Gasteiger partial charge in [0.25, 0.3) is 0 Å². The molecule has 0 bridgehead atoms. The molecular formula is C14H20N4O. The van der Waals surface area contributed by atoms with E-state index in [1.165, 1.54) is 0 Å². The molecule has 102 valence electrons. The standard InChI is InChI=1S/C14H20N4O/c1-4-12(15-5-2)13-7-6-11(9-16-13)19-14-8-10(3)17-18-14/h6-9,12,15H,4-5H2,1-3H3,(H,17,18). The minimum absolute atomic E-state index is 0.298. The fraction of sp³-hybridized carbons (Fsp3) is 0.429. The number of ether oxygens (including phenoxy) is 1. The molecule has 0 fully saturated rings. The molecule has 1 unspecified atom stereocenters. The molecule has 0 aliphatic rings. The van der Waals surface area contributed by atoms with Gasteiger partial charge in [-0.3, -0.25) is 10.1 Å². The maximum absolute atomic E-state index is 5.60. The molecule has 0 amide bonds. The molecule has 5 nitrogen and oxygen atoms in total. The van der Waals surface area contributed by atoms with Gasteiger partial charge in [0.2, 0.25) is 5.88 Å². The van der Waals surface area contributed by atoms with Gasteiger partial charge in [0.15, 0.2) is 0 Å². The Kier molecular flexibility index (Phi) is 4.52. The van der Waals surface area contributed by atoms with E-state index in [1.54, 1.807) is 6.20 Å². The molecule has 2 rings (SSSR count). The number of nitrogens with zero attached hydrogens (tertiary/aromatic N) is 2. The fourth-order valence-corrected chi connectivity index (χ4v) is 1.93. The third-order valence-electron chi connectivity index (χ3n) is 2.88. The van der Waals surface area contributed by atoms with E-state index in [-0.39, 0.29) is 0 Å². The van der Waals surface area contributed by atoms with Crippen molar-refractivity contribution in [2.24, 2.45) is 0 Å². The molecule has 2 N–H and O–H groups in total. The Balaban J connectivity index is 2.05. The molecule has 5 heteroatoms. The van der Waals surface area contributed by atoms with E-state index in [4.69, 9.17) is 4.74 Å². The summed E-state index contributed by atoms with van der Waals surface area (Å²) in [4.78, 5) is 4.45. The second-order valence-electron chi connectivity index (χ2n) is 4.43. The van der Waals surface area contributed by atoms with Crippen molar-refractivity contribution in [1.29, 1.82) is 0 Å². The Morgan fingerprint density at radius 3 is 2.74 bits per heavy atom. The first-order valence-corrected chi connectivity index (χ1v) is 6.62. The second-order valence-corrected chi connectivity index (χ2v) is 4.43. The molecule has 0 aliphatic carbocycles. The lowest BCUT2D eigenvalue weighted by Gasteiger charge is -2.15. The summed E-state index contributed by atoms with van der Waals surface area (Å²) in [5, 5.41) is 10.3. The molecule has 2 aromatic heterocycles. The molecule has 1 atom stereocenters. The Hall–Kier alpha value is -1.88. The van der Waals surface area contributed by atoms with Crippen molar-refractivity contribution in [3.63, 3.8) is 0 Å². The topological polar surface area (TPSA) is 62.8 Å². The number of hydrogen-bond donors (Lipinski definition) is 2. The zero-order valence-corrected chi connectivity index (χ0v) is 11.6. The highest BCUT2D eigenvalue weighted by Crippen LogP contribution is 2.21. The Morgan fingerprint density at radius 1 is 1.37 bits per heavy atom. The van der Waals surface area contributed by atoms with Crippen LogP contribution in [0.2, 0.25) is 0 Å². The molecule has 2 aromatic rings. The van der Waals surface area contributed by atoms with Gasteiger partial charge in [0.05, 0.1) is 11.9 Å². The molecule has 0 aromatic carbocycles. The Labute approximate surface area is 113 Å². The monoisotopic (exact) mass is 260 g/mol. The number of rotatable bonds is 6. The first-order chi connectivity index (χ1) is 9.22. The molecule has 0 spiro atoms. The van der Waals surface area contributed by atoms with Crippen LogP contribution >= 0.6 is 0 Å². The number of hydrogen-bond acceptors (Lipinski definition) is 4. The van der Waals surface area contributed by atoms with Crippen molar-refractivity contribution in [3.8, 4) is 11.6 Å². The average molecular weight is 260 g/mol. The van der Waals surface area contributed by atoms with Gasteiger partial charge in [-0.25, -0.2) is 0 Å².